The van der Waals surface area contributed by atoms with Crippen LogP contribution in [-0.2, 0) is 21.2 Å². The number of aromatic hydroxyl groups is 1. The molecule has 3 rings (SSSR count). The van der Waals surface area contributed by atoms with Crippen LogP contribution in [0.1, 0.15) is 46.6 Å². The number of hydrogen-bond acceptors (Lipinski definition) is 7. The molecule has 1 heterocycles. The van der Waals surface area contributed by atoms with Gasteiger partial charge in [-0.25, -0.2) is 8.42 Å². The number of halogens is 1. The van der Waals surface area contributed by atoms with Crippen LogP contribution >= 0.6 is 12.4 Å². The Kier molecular flexibility index (Phi) is 11.1. The Morgan fingerprint density at radius 2 is 1.82 bits per heavy atom. The Balaban J connectivity index is 0.00000507. The highest BCUT2D eigenvalue weighted by molar-refractivity contribution is 7.92. The van der Waals surface area contributed by atoms with Gasteiger partial charge >= 0.3 is 0 Å². The number of phenolic OH excluding ortho intramolecular Hbond substituents is 1. The summed E-state index contributed by atoms with van der Waals surface area (Å²) >= 11 is 0. The van der Waals surface area contributed by atoms with Crippen molar-refractivity contribution in [2.75, 3.05) is 24.2 Å². The molecule has 0 saturated carbocycles. The highest BCUT2D eigenvalue weighted by atomic mass is 35.5. The second-order valence-electron chi connectivity index (χ2n) is 10.2. The molecule has 2 aromatic carbocycles. The third kappa shape index (κ3) is 7.24. The summed E-state index contributed by atoms with van der Waals surface area (Å²) in [4.78, 5) is 12.4. The fraction of sp³-hybridized carbons (Fsp3) is 0.519. The van der Waals surface area contributed by atoms with Gasteiger partial charge in [0.25, 0.3) is 10.0 Å². The molecule has 0 saturated heterocycles. The minimum Gasteiger partial charge on any atom is -0.505 e. The molecule has 0 radical (unpaired) electrons. The Morgan fingerprint density at radius 1 is 1.13 bits per heavy atom. The maximum Gasteiger partial charge on any atom is 0.264 e. The van der Waals surface area contributed by atoms with Gasteiger partial charge in [-0.2, -0.15) is 0 Å². The van der Waals surface area contributed by atoms with Gasteiger partial charge in [-0.3, -0.25) is 9.10 Å². The van der Waals surface area contributed by atoms with E-state index in [1.54, 1.807) is 24.3 Å². The van der Waals surface area contributed by atoms with Gasteiger partial charge in [0.2, 0.25) is 12.7 Å². The fourth-order valence-corrected chi connectivity index (χ4v) is 5.77. The number of fused-ring (bicyclic) bond motifs is 1. The zero-order valence-corrected chi connectivity index (χ0v) is 24.3. The normalized spacial score (nSPS) is 14.9. The second kappa shape index (κ2) is 13.4. The number of anilines is 1. The van der Waals surface area contributed by atoms with E-state index >= 15 is 0 Å². The molecule has 1 aliphatic heterocycles. The fourth-order valence-electron chi connectivity index (χ4n) is 4.12. The van der Waals surface area contributed by atoms with Crippen molar-refractivity contribution in [3.05, 3.63) is 42.0 Å². The number of nitrogens with two attached hydrogens (primary N) is 1. The number of nitrogens with zero attached hydrogens (tertiary/aromatic N) is 1. The molecule has 0 bridgehead atoms. The van der Waals surface area contributed by atoms with Gasteiger partial charge in [-0.15, -0.1) is 12.4 Å². The molecule has 0 fully saturated rings. The summed E-state index contributed by atoms with van der Waals surface area (Å²) in [6.45, 7) is 10.3. The lowest BCUT2D eigenvalue weighted by Crippen LogP contribution is -2.45. The number of amides is 1. The topological polar surface area (TPSA) is 131 Å². The minimum absolute atomic E-state index is 0. The number of carbonyl (C=O) groups is 1. The predicted molar refractivity (Wildman–Crippen MR) is 151 cm³/mol. The summed E-state index contributed by atoms with van der Waals surface area (Å²) in [5, 5.41) is 14.1. The van der Waals surface area contributed by atoms with Crippen molar-refractivity contribution in [1.82, 2.24) is 5.32 Å². The van der Waals surface area contributed by atoms with Gasteiger partial charge in [-0.05, 0) is 47.9 Å². The number of para-hydroxylation sites is 1. The largest absolute Gasteiger partial charge is 0.505 e. The van der Waals surface area contributed by atoms with Crippen molar-refractivity contribution >= 4 is 34.0 Å². The molecule has 1 unspecified atom stereocenters. The number of benzene rings is 2. The first kappa shape index (κ1) is 31.5. The molecule has 1 aliphatic rings. The van der Waals surface area contributed by atoms with E-state index in [0.717, 1.165) is 6.42 Å². The number of ether oxygens (including phenoxy) is 2. The van der Waals surface area contributed by atoms with E-state index in [9.17, 15) is 18.3 Å². The van der Waals surface area contributed by atoms with Crippen molar-refractivity contribution in [2.45, 2.75) is 58.4 Å². The molecule has 0 aliphatic carbocycles. The Labute approximate surface area is 232 Å². The van der Waals surface area contributed by atoms with Gasteiger partial charge in [0, 0.05) is 19.2 Å². The molecule has 11 heteroatoms. The van der Waals surface area contributed by atoms with E-state index in [1.165, 1.54) is 16.4 Å². The molecule has 212 valence electrons. The Hall–Kier alpha value is -2.69. The van der Waals surface area contributed by atoms with Crippen molar-refractivity contribution in [2.24, 2.45) is 23.5 Å². The van der Waals surface area contributed by atoms with Crippen molar-refractivity contribution < 1.29 is 27.8 Å². The van der Waals surface area contributed by atoms with Gasteiger partial charge in [0.05, 0.1) is 16.6 Å². The second-order valence-corrected chi connectivity index (χ2v) is 12.1. The number of phenols is 1. The van der Waals surface area contributed by atoms with Crippen LogP contribution in [0, 0.1) is 17.8 Å². The van der Waals surface area contributed by atoms with E-state index < -0.39 is 16.1 Å². The minimum atomic E-state index is -4.01. The predicted octanol–water partition coefficient (Wildman–Crippen LogP) is 4.06. The zero-order valence-electron chi connectivity index (χ0n) is 22.6. The van der Waals surface area contributed by atoms with Crippen LogP contribution in [0.4, 0.5) is 5.69 Å². The first-order valence-electron chi connectivity index (χ1n) is 12.7. The molecule has 2 aromatic rings. The number of hydrogen-bond donors (Lipinski definition) is 3. The molecule has 38 heavy (non-hydrogen) atoms. The van der Waals surface area contributed by atoms with E-state index in [2.05, 4.69) is 5.32 Å². The van der Waals surface area contributed by atoms with Crippen LogP contribution < -0.4 is 24.8 Å². The maximum absolute atomic E-state index is 13.7. The van der Waals surface area contributed by atoms with E-state index in [1.807, 2.05) is 34.6 Å². The third-order valence-electron chi connectivity index (χ3n) is 6.58. The lowest BCUT2D eigenvalue weighted by molar-refractivity contribution is -0.123. The van der Waals surface area contributed by atoms with Crippen LogP contribution in [0.5, 0.6) is 17.2 Å². The van der Waals surface area contributed by atoms with Crippen molar-refractivity contribution in [3.63, 3.8) is 0 Å². The van der Waals surface area contributed by atoms with Crippen LogP contribution in [0.15, 0.2) is 41.3 Å². The first-order valence-corrected chi connectivity index (χ1v) is 14.2. The monoisotopic (exact) mass is 569 g/mol. The van der Waals surface area contributed by atoms with Crippen molar-refractivity contribution in [3.8, 4) is 17.2 Å². The lowest BCUT2D eigenvalue weighted by Gasteiger charge is -2.28. The van der Waals surface area contributed by atoms with Crippen molar-refractivity contribution in [1.29, 1.82) is 0 Å². The summed E-state index contributed by atoms with van der Waals surface area (Å²) in [7, 11) is -4.01. The Morgan fingerprint density at radius 3 is 2.47 bits per heavy atom. The lowest BCUT2D eigenvalue weighted by atomic mass is 9.97. The summed E-state index contributed by atoms with van der Waals surface area (Å²) in [5.41, 5.74) is 6.82. The third-order valence-corrected chi connectivity index (χ3v) is 8.36. The average Bonchev–Trinajstić information content (AvgIpc) is 3.34. The highest BCUT2D eigenvalue weighted by Gasteiger charge is 2.30. The van der Waals surface area contributed by atoms with Crippen LogP contribution in [-0.4, -0.2) is 45.4 Å². The number of nitrogens with one attached hydrogen (secondary N) is 1. The average molecular weight is 570 g/mol. The standard InChI is InChI=1S/C27H39N3O6S.ClH/c1-6-19(5)25(28)27(32)29-14-18(4)12-20-8-7-9-22(26(20)31)30(15-17(2)3)37(33,34)21-10-11-23-24(13-21)36-16-35-23;/h7-11,13,17-19,25,31H,6,12,14-16,28H2,1-5H3,(H,29,32);1H/t18?,19-,25+;/m0./s1. The van der Waals surface area contributed by atoms with Crippen LogP contribution in [0.3, 0.4) is 0 Å². The molecule has 0 spiro atoms. The van der Waals surface area contributed by atoms with Crippen LogP contribution in [0.2, 0.25) is 0 Å². The van der Waals surface area contributed by atoms with E-state index in [-0.39, 0.29) is 65.7 Å². The van der Waals surface area contributed by atoms with Crippen LogP contribution in [0.25, 0.3) is 0 Å². The highest BCUT2D eigenvalue weighted by Crippen LogP contribution is 2.39. The number of carbonyl (C=O) groups excluding carboxylic acids is 1. The Bertz CT molecular complexity index is 1210. The molecule has 0 aromatic heterocycles. The van der Waals surface area contributed by atoms with Gasteiger partial charge in [-0.1, -0.05) is 53.2 Å². The van der Waals surface area contributed by atoms with E-state index in [4.69, 9.17) is 15.2 Å². The zero-order chi connectivity index (χ0) is 27.3. The summed E-state index contributed by atoms with van der Waals surface area (Å²) < 4.78 is 39.4. The van der Waals surface area contributed by atoms with Gasteiger partial charge in [0.1, 0.15) is 5.75 Å². The van der Waals surface area contributed by atoms with Gasteiger partial charge in [0.15, 0.2) is 11.5 Å². The van der Waals surface area contributed by atoms with Gasteiger partial charge < -0.3 is 25.6 Å². The smallest absolute Gasteiger partial charge is 0.264 e. The molecular formula is C27H40ClN3O6S. The SMILES string of the molecule is CC[C@H](C)[C@@H](N)C(=O)NCC(C)Cc1cccc(N(CC(C)C)S(=O)(=O)c2ccc3c(c2)OCO3)c1O.Cl. The summed E-state index contributed by atoms with van der Waals surface area (Å²) in [6.07, 6.45) is 1.25. The first-order chi connectivity index (χ1) is 17.4. The maximum atomic E-state index is 13.7. The van der Waals surface area contributed by atoms with E-state index in [0.29, 0.717) is 30.0 Å². The molecule has 4 N–H and O–H groups in total. The molecular weight excluding hydrogens is 530 g/mol. The quantitative estimate of drug-likeness (QED) is 0.351. The summed E-state index contributed by atoms with van der Waals surface area (Å²) in [5.74, 6) is 0.625. The number of sulfonamides is 1. The molecule has 9 nitrogen and oxygen atoms in total. The number of rotatable bonds is 12. The molecule has 3 atom stereocenters. The molecule has 1 amide bonds. The summed E-state index contributed by atoms with van der Waals surface area (Å²) in [6, 6.07) is 9.03.